The number of rotatable bonds is 8. The zero-order valence-electron chi connectivity index (χ0n) is 29.3. The third-order valence-electron chi connectivity index (χ3n) is 13.4. The molecular formula is C42H55N3OS. The van der Waals surface area contributed by atoms with Crippen molar-refractivity contribution in [3.63, 3.8) is 0 Å². The highest BCUT2D eigenvalue weighted by atomic mass is 32.1. The summed E-state index contributed by atoms with van der Waals surface area (Å²) in [4.78, 5) is 4.73. The van der Waals surface area contributed by atoms with E-state index in [2.05, 4.69) is 87.4 Å². The van der Waals surface area contributed by atoms with Crippen LogP contribution in [0.4, 0.5) is 0 Å². The fourth-order valence-electron chi connectivity index (χ4n) is 10.9. The number of methoxy groups -OCH3 is 1. The third-order valence-corrected chi connectivity index (χ3v) is 13.7. The Kier molecular flexibility index (Phi) is 8.91. The second-order valence-electron chi connectivity index (χ2n) is 16.3. The Morgan fingerprint density at radius 2 is 1.89 bits per heavy atom. The van der Waals surface area contributed by atoms with Crippen molar-refractivity contribution in [3.8, 4) is 5.75 Å². The number of pyridine rings is 1. The van der Waals surface area contributed by atoms with Crippen LogP contribution in [0.5, 0.6) is 5.75 Å². The van der Waals surface area contributed by atoms with Crippen molar-refractivity contribution in [1.82, 2.24) is 15.6 Å². The number of thiocarbonyl (C=S) groups is 1. The number of aryl methyl sites for hydroxylation is 1. The van der Waals surface area contributed by atoms with Gasteiger partial charge < -0.3 is 15.4 Å². The monoisotopic (exact) mass is 649 g/mol. The van der Waals surface area contributed by atoms with Crippen LogP contribution in [0.25, 0.3) is 10.9 Å². The van der Waals surface area contributed by atoms with Gasteiger partial charge in [0.2, 0.25) is 0 Å². The number of hydrogen-bond acceptors (Lipinski definition) is 3. The highest BCUT2D eigenvalue weighted by Gasteiger charge is 2.52. The minimum atomic E-state index is 0.118. The van der Waals surface area contributed by atoms with Gasteiger partial charge in [0.05, 0.1) is 18.7 Å². The Morgan fingerprint density at radius 1 is 1.06 bits per heavy atom. The van der Waals surface area contributed by atoms with Crippen LogP contribution in [-0.4, -0.2) is 23.8 Å². The highest BCUT2D eigenvalue weighted by Crippen LogP contribution is 2.57. The van der Waals surface area contributed by atoms with Gasteiger partial charge >= 0.3 is 0 Å². The molecular weight excluding hydrogens is 595 g/mol. The van der Waals surface area contributed by atoms with E-state index < -0.39 is 0 Å². The maximum absolute atomic E-state index is 6.22. The molecule has 2 N–H and O–H groups in total. The van der Waals surface area contributed by atoms with E-state index in [1.54, 1.807) is 18.2 Å². The molecule has 0 aliphatic heterocycles. The van der Waals surface area contributed by atoms with E-state index in [1.165, 1.54) is 68.9 Å². The second-order valence-corrected chi connectivity index (χ2v) is 16.7. The number of ether oxygens (including phenoxy) is 1. The number of nitrogens with zero attached hydrogens (tertiary/aromatic N) is 1. The molecule has 1 aromatic heterocycles. The zero-order valence-corrected chi connectivity index (χ0v) is 30.1. The van der Waals surface area contributed by atoms with Gasteiger partial charge in [-0.3, -0.25) is 4.98 Å². The molecule has 5 aliphatic rings. The van der Waals surface area contributed by atoms with Crippen LogP contribution in [-0.2, 0) is 11.8 Å². The van der Waals surface area contributed by atoms with E-state index in [0.29, 0.717) is 35.5 Å². The zero-order chi connectivity index (χ0) is 32.9. The standard InChI is InChI=1S/C42H55N3OS/c1-7-27-21-30-10-9-29(27)23-34(30)39(33-17-20-43-37-15-13-32(46-6)24-35(33)37)45-40(47)44-25-41(4)18-8-19-42(5)36-14-11-28(26(2)3)22-31(36)12-16-38(41)42/h7,11,13-15,17,20,22,24,26-27,29-30,34,38-39H,1,8-10,12,16,18-19,21,23,25H2,2-6H3,(H2,44,45,47)/t27-,29-,30-,34+,38-,39-,41-,42+/m0/s1. The number of nitrogens with one attached hydrogen (secondary N) is 2. The third kappa shape index (κ3) is 5.89. The predicted molar refractivity (Wildman–Crippen MR) is 199 cm³/mol. The van der Waals surface area contributed by atoms with Crippen molar-refractivity contribution >= 4 is 28.2 Å². The van der Waals surface area contributed by atoms with Crippen molar-refractivity contribution < 1.29 is 4.74 Å². The lowest BCUT2D eigenvalue weighted by Crippen LogP contribution is -2.54. The average molecular weight is 650 g/mol. The van der Waals surface area contributed by atoms with E-state index in [4.69, 9.17) is 21.9 Å². The van der Waals surface area contributed by atoms with Crippen LogP contribution in [0.2, 0.25) is 0 Å². The van der Waals surface area contributed by atoms with Crippen LogP contribution in [0, 0.1) is 35.0 Å². The van der Waals surface area contributed by atoms with Gasteiger partial charge in [-0.05, 0) is 156 Å². The van der Waals surface area contributed by atoms with Crippen molar-refractivity contribution in [2.45, 2.75) is 103 Å². The summed E-state index contributed by atoms with van der Waals surface area (Å²) < 4.78 is 5.67. The van der Waals surface area contributed by atoms with Crippen LogP contribution in [0.3, 0.4) is 0 Å². The molecule has 5 heteroatoms. The first kappa shape index (κ1) is 32.6. The summed E-state index contributed by atoms with van der Waals surface area (Å²) in [5, 5.41) is 9.72. The molecule has 2 bridgehead atoms. The smallest absolute Gasteiger partial charge is 0.166 e. The Labute approximate surface area is 288 Å². The maximum atomic E-state index is 6.22. The molecule has 2 aromatic carbocycles. The van der Waals surface area contributed by atoms with Gasteiger partial charge in [0.25, 0.3) is 0 Å². The lowest BCUT2D eigenvalue weighted by atomic mass is 9.49. The number of fused-ring (bicyclic) bond motifs is 7. The van der Waals surface area contributed by atoms with Gasteiger partial charge in [0.15, 0.2) is 5.11 Å². The molecule has 4 saturated carbocycles. The van der Waals surface area contributed by atoms with Gasteiger partial charge in [0.1, 0.15) is 5.75 Å². The van der Waals surface area contributed by atoms with E-state index in [9.17, 15) is 0 Å². The van der Waals surface area contributed by atoms with E-state index in [1.807, 2.05) is 12.3 Å². The molecule has 5 aliphatic carbocycles. The lowest BCUT2D eigenvalue weighted by molar-refractivity contribution is 0.0287. The molecule has 0 radical (unpaired) electrons. The number of benzene rings is 2. The van der Waals surface area contributed by atoms with Crippen LogP contribution >= 0.6 is 12.2 Å². The Morgan fingerprint density at radius 3 is 2.64 bits per heavy atom. The molecule has 0 spiro atoms. The van der Waals surface area contributed by atoms with Gasteiger partial charge in [-0.1, -0.05) is 58.4 Å². The normalized spacial score (nSPS) is 31.9. The molecule has 0 amide bonds. The summed E-state index contributed by atoms with van der Waals surface area (Å²) in [7, 11) is 1.74. The van der Waals surface area contributed by atoms with E-state index >= 15 is 0 Å². The first-order valence-electron chi connectivity index (χ1n) is 18.4. The van der Waals surface area contributed by atoms with Crippen molar-refractivity contribution in [3.05, 3.63) is 83.6 Å². The molecule has 3 aromatic rings. The van der Waals surface area contributed by atoms with Crippen LogP contribution in [0.15, 0.2) is 61.3 Å². The highest BCUT2D eigenvalue weighted by molar-refractivity contribution is 7.80. The topological polar surface area (TPSA) is 46.2 Å². The molecule has 250 valence electrons. The number of aromatic nitrogens is 1. The van der Waals surface area contributed by atoms with E-state index in [-0.39, 0.29) is 16.9 Å². The van der Waals surface area contributed by atoms with Crippen molar-refractivity contribution in [1.29, 1.82) is 0 Å². The number of hydrogen-bond donors (Lipinski definition) is 2. The largest absolute Gasteiger partial charge is 0.497 e. The number of allylic oxidation sites excluding steroid dienone is 1. The molecule has 8 rings (SSSR count). The van der Waals surface area contributed by atoms with Gasteiger partial charge in [-0.2, -0.15) is 0 Å². The summed E-state index contributed by atoms with van der Waals surface area (Å²) in [6.45, 7) is 14.8. The SMILES string of the molecule is C=C[C@H]1C[C@@H]2CC[C@H]1C[C@H]2[C@@H](NC(=S)NC[C@]1(C)CCC[C@]2(C)c3ccc(C(C)C)cc3CC[C@@H]12)c1ccnc2ccc(OC)cc12. The van der Waals surface area contributed by atoms with Crippen molar-refractivity contribution in [2.75, 3.05) is 13.7 Å². The quantitative estimate of drug-likeness (QED) is 0.188. The Balaban J connectivity index is 1.14. The molecule has 1 heterocycles. The maximum Gasteiger partial charge on any atom is 0.166 e. The summed E-state index contributed by atoms with van der Waals surface area (Å²) in [6.07, 6.45) is 15.5. The first-order chi connectivity index (χ1) is 22.6. The van der Waals surface area contributed by atoms with Gasteiger partial charge in [-0.25, -0.2) is 0 Å². The second kappa shape index (κ2) is 12.8. The lowest BCUT2D eigenvalue weighted by Gasteiger charge is -2.55. The van der Waals surface area contributed by atoms with E-state index in [0.717, 1.165) is 28.3 Å². The molecule has 0 unspecified atom stereocenters. The summed E-state index contributed by atoms with van der Waals surface area (Å²) in [5.74, 6) is 4.60. The average Bonchev–Trinajstić information content (AvgIpc) is 3.09. The summed E-state index contributed by atoms with van der Waals surface area (Å²) in [5.41, 5.74) is 7.36. The fraction of sp³-hybridized carbons (Fsp3) is 0.571. The first-order valence-corrected chi connectivity index (χ1v) is 18.8. The van der Waals surface area contributed by atoms with Crippen molar-refractivity contribution in [2.24, 2.45) is 35.0 Å². The predicted octanol–water partition coefficient (Wildman–Crippen LogP) is 9.82. The van der Waals surface area contributed by atoms with Gasteiger partial charge in [-0.15, -0.1) is 6.58 Å². The minimum Gasteiger partial charge on any atom is -0.497 e. The fourth-order valence-corrected chi connectivity index (χ4v) is 11.1. The summed E-state index contributed by atoms with van der Waals surface area (Å²) >= 11 is 6.22. The molecule has 8 atom stereocenters. The molecule has 47 heavy (non-hydrogen) atoms. The Hall–Kier alpha value is -2.92. The molecule has 4 fully saturated rings. The van der Waals surface area contributed by atoms with Crippen LogP contribution in [0.1, 0.15) is 113 Å². The molecule has 4 nitrogen and oxygen atoms in total. The summed E-state index contributed by atoms with van der Waals surface area (Å²) in [6, 6.07) is 16.0. The van der Waals surface area contributed by atoms with Gasteiger partial charge in [0, 0.05) is 18.1 Å². The van der Waals surface area contributed by atoms with Crippen LogP contribution < -0.4 is 15.4 Å². The Bertz CT molecular complexity index is 1650. The minimum absolute atomic E-state index is 0.118. The molecule has 0 saturated heterocycles.